The minimum absolute atomic E-state index is 0.0123. The SMILES string of the molecule is CCC(Cl)c1cnn(C2CCOC3(CCOCC3)C2)c1. The van der Waals surface area contributed by atoms with Crippen LogP contribution in [0.3, 0.4) is 0 Å². The summed E-state index contributed by atoms with van der Waals surface area (Å²) < 4.78 is 13.7. The van der Waals surface area contributed by atoms with E-state index in [1.165, 1.54) is 0 Å². The van der Waals surface area contributed by atoms with Crippen molar-refractivity contribution >= 4 is 11.6 Å². The molecule has 2 aliphatic rings. The zero-order valence-corrected chi connectivity index (χ0v) is 12.8. The number of aromatic nitrogens is 2. The number of nitrogens with zero attached hydrogens (tertiary/aromatic N) is 2. The van der Waals surface area contributed by atoms with Gasteiger partial charge in [0.05, 0.1) is 23.2 Å². The second-order valence-electron chi connectivity index (χ2n) is 5.92. The van der Waals surface area contributed by atoms with Gasteiger partial charge in [-0.1, -0.05) is 6.92 Å². The Morgan fingerprint density at radius 1 is 1.45 bits per heavy atom. The molecule has 0 radical (unpaired) electrons. The van der Waals surface area contributed by atoms with E-state index in [0.717, 1.165) is 57.5 Å². The minimum Gasteiger partial charge on any atom is -0.381 e. The number of halogens is 1. The van der Waals surface area contributed by atoms with Crippen LogP contribution < -0.4 is 0 Å². The Kier molecular flexibility index (Phi) is 4.34. The van der Waals surface area contributed by atoms with Crippen LogP contribution in [0.15, 0.2) is 12.4 Å². The van der Waals surface area contributed by atoms with Gasteiger partial charge < -0.3 is 9.47 Å². The molecule has 112 valence electrons. The normalized spacial score (nSPS) is 27.6. The first-order valence-corrected chi connectivity index (χ1v) is 8.06. The van der Waals surface area contributed by atoms with Crippen LogP contribution in [0.25, 0.3) is 0 Å². The van der Waals surface area contributed by atoms with Crippen molar-refractivity contribution in [1.82, 2.24) is 9.78 Å². The van der Waals surface area contributed by atoms with E-state index in [-0.39, 0.29) is 11.0 Å². The van der Waals surface area contributed by atoms with Gasteiger partial charge in [-0.15, -0.1) is 11.6 Å². The van der Waals surface area contributed by atoms with Crippen LogP contribution in [0.4, 0.5) is 0 Å². The number of hydrogen-bond donors (Lipinski definition) is 0. The summed E-state index contributed by atoms with van der Waals surface area (Å²) in [6.07, 6.45) is 9.04. The van der Waals surface area contributed by atoms with Crippen LogP contribution in [0.2, 0.25) is 0 Å². The van der Waals surface area contributed by atoms with Crippen molar-refractivity contribution in [3.8, 4) is 0 Å². The molecule has 0 aliphatic carbocycles. The third-order valence-electron chi connectivity index (χ3n) is 4.59. The highest BCUT2D eigenvalue weighted by Crippen LogP contribution is 2.39. The van der Waals surface area contributed by atoms with Crippen molar-refractivity contribution in [2.75, 3.05) is 19.8 Å². The molecule has 2 atom stereocenters. The Balaban J connectivity index is 1.71. The number of ether oxygens (including phenoxy) is 2. The first kappa shape index (κ1) is 14.4. The summed E-state index contributed by atoms with van der Waals surface area (Å²) in [5, 5.41) is 4.60. The zero-order chi connectivity index (χ0) is 14.0. The van der Waals surface area contributed by atoms with E-state index < -0.39 is 0 Å². The molecule has 0 N–H and O–H groups in total. The summed E-state index contributed by atoms with van der Waals surface area (Å²) >= 11 is 6.29. The van der Waals surface area contributed by atoms with E-state index in [2.05, 4.69) is 22.9 Å². The molecule has 1 spiro atoms. The number of alkyl halides is 1. The summed E-state index contributed by atoms with van der Waals surface area (Å²) in [7, 11) is 0. The van der Waals surface area contributed by atoms with E-state index in [1.807, 2.05) is 6.20 Å². The molecule has 5 heteroatoms. The molecule has 4 nitrogen and oxygen atoms in total. The molecule has 1 aromatic heterocycles. The van der Waals surface area contributed by atoms with Crippen LogP contribution in [0, 0.1) is 0 Å². The maximum absolute atomic E-state index is 6.29. The highest BCUT2D eigenvalue weighted by molar-refractivity contribution is 6.20. The lowest BCUT2D eigenvalue weighted by Gasteiger charge is -2.43. The third-order valence-corrected chi connectivity index (χ3v) is 5.15. The van der Waals surface area contributed by atoms with Crippen LogP contribution in [0.5, 0.6) is 0 Å². The summed E-state index contributed by atoms with van der Waals surface area (Å²) in [6, 6.07) is 0.427. The van der Waals surface area contributed by atoms with Gasteiger partial charge in [0.1, 0.15) is 0 Å². The highest BCUT2D eigenvalue weighted by Gasteiger charge is 2.39. The minimum atomic E-state index is 0.0123. The molecule has 2 aliphatic heterocycles. The van der Waals surface area contributed by atoms with E-state index in [0.29, 0.717) is 6.04 Å². The molecule has 0 aromatic carbocycles. The van der Waals surface area contributed by atoms with E-state index in [1.54, 1.807) is 0 Å². The Labute approximate surface area is 125 Å². The van der Waals surface area contributed by atoms with Crippen molar-refractivity contribution in [2.45, 2.75) is 56.0 Å². The van der Waals surface area contributed by atoms with Crippen molar-refractivity contribution in [2.24, 2.45) is 0 Å². The van der Waals surface area contributed by atoms with E-state index >= 15 is 0 Å². The Hall–Kier alpha value is -0.580. The average Bonchev–Trinajstić information content (AvgIpc) is 2.97. The molecule has 0 saturated carbocycles. The first-order valence-electron chi connectivity index (χ1n) is 7.62. The smallest absolute Gasteiger partial charge is 0.0746 e. The van der Waals surface area contributed by atoms with Gasteiger partial charge in [0.15, 0.2) is 0 Å². The Morgan fingerprint density at radius 2 is 2.25 bits per heavy atom. The van der Waals surface area contributed by atoms with Gasteiger partial charge in [0, 0.05) is 31.6 Å². The van der Waals surface area contributed by atoms with Gasteiger partial charge in [0.25, 0.3) is 0 Å². The van der Waals surface area contributed by atoms with Crippen molar-refractivity contribution in [1.29, 1.82) is 0 Å². The molecule has 3 rings (SSSR count). The summed E-state index contributed by atoms with van der Waals surface area (Å²) in [6.45, 7) is 4.55. The molecule has 0 bridgehead atoms. The quantitative estimate of drug-likeness (QED) is 0.802. The van der Waals surface area contributed by atoms with Crippen LogP contribution >= 0.6 is 11.6 Å². The van der Waals surface area contributed by atoms with Crippen LogP contribution in [0.1, 0.15) is 56.0 Å². The van der Waals surface area contributed by atoms with E-state index in [4.69, 9.17) is 21.1 Å². The maximum atomic E-state index is 6.29. The molecule has 2 fully saturated rings. The van der Waals surface area contributed by atoms with Gasteiger partial charge in [-0.05, 0) is 32.1 Å². The van der Waals surface area contributed by atoms with Crippen LogP contribution in [-0.4, -0.2) is 35.2 Å². The van der Waals surface area contributed by atoms with Crippen molar-refractivity contribution in [3.63, 3.8) is 0 Å². The third kappa shape index (κ3) is 2.87. The molecular weight excluding hydrogens is 276 g/mol. The predicted octanol–water partition coefficient (Wildman–Crippen LogP) is 3.47. The van der Waals surface area contributed by atoms with Crippen LogP contribution in [-0.2, 0) is 9.47 Å². The van der Waals surface area contributed by atoms with Gasteiger partial charge in [-0.2, -0.15) is 5.10 Å². The second-order valence-corrected chi connectivity index (χ2v) is 6.45. The highest BCUT2D eigenvalue weighted by atomic mass is 35.5. The Morgan fingerprint density at radius 3 is 3.00 bits per heavy atom. The average molecular weight is 299 g/mol. The van der Waals surface area contributed by atoms with Gasteiger partial charge in [0.2, 0.25) is 0 Å². The van der Waals surface area contributed by atoms with Gasteiger partial charge >= 0.3 is 0 Å². The molecule has 2 unspecified atom stereocenters. The molecular formula is C15H23ClN2O2. The molecule has 20 heavy (non-hydrogen) atoms. The maximum Gasteiger partial charge on any atom is 0.0746 e. The van der Waals surface area contributed by atoms with Gasteiger partial charge in [-0.3, -0.25) is 4.68 Å². The second kappa shape index (κ2) is 6.04. The fraction of sp³-hybridized carbons (Fsp3) is 0.800. The Bertz CT molecular complexity index is 437. The summed E-state index contributed by atoms with van der Waals surface area (Å²) in [4.78, 5) is 0. The lowest BCUT2D eigenvalue weighted by molar-refractivity contribution is -0.145. The molecule has 2 saturated heterocycles. The number of hydrogen-bond acceptors (Lipinski definition) is 3. The standard InChI is InChI=1S/C15H23ClN2O2/c1-2-14(16)12-10-17-18(11-12)13-3-6-20-15(9-13)4-7-19-8-5-15/h10-11,13-14H,2-9H2,1H3. The number of rotatable bonds is 3. The molecule has 0 amide bonds. The fourth-order valence-corrected chi connectivity index (χ4v) is 3.38. The predicted molar refractivity (Wildman–Crippen MR) is 78.1 cm³/mol. The lowest BCUT2D eigenvalue weighted by atomic mass is 9.84. The fourth-order valence-electron chi connectivity index (χ4n) is 3.27. The lowest BCUT2D eigenvalue weighted by Crippen LogP contribution is -2.44. The van der Waals surface area contributed by atoms with Gasteiger partial charge in [-0.25, -0.2) is 0 Å². The summed E-state index contributed by atoms with van der Waals surface area (Å²) in [5.74, 6) is 0. The summed E-state index contributed by atoms with van der Waals surface area (Å²) in [5.41, 5.74) is 1.14. The van der Waals surface area contributed by atoms with E-state index in [9.17, 15) is 0 Å². The molecule has 1 aromatic rings. The monoisotopic (exact) mass is 298 g/mol. The van der Waals surface area contributed by atoms with Crippen molar-refractivity contribution < 1.29 is 9.47 Å². The topological polar surface area (TPSA) is 36.3 Å². The zero-order valence-electron chi connectivity index (χ0n) is 12.1. The van der Waals surface area contributed by atoms with Crippen molar-refractivity contribution in [3.05, 3.63) is 18.0 Å². The molecule has 3 heterocycles. The first-order chi connectivity index (χ1) is 9.72. The largest absolute Gasteiger partial charge is 0.381 e.